The third-order valence-electron chi connectivity index (χ3n) is 4.21. The van der Waals surface area contributed by atoms with E-state index in [1.165, 1.54) is 7.11 Å². The van der Waals surface area contributed by atoms with Gasteiger partial charge in [0.2, 0.25) is 0 Å². The summed E-state index contributed by atoms with van der Waals surface area (Å²) in [6.07, 6.45) is 0. The summed E-state index contributed by atoms with van der Waals surface area (Å²) in [6, 6.07) is 15.5. The molecule has 160 valence electrons. The first-order chi connectivity index (χ1) is 14.9. The summed E-state index contributed by atoms with van der Waals surface area (Å²) in [5.74, 6) is -1.01. The topological polar surface area (TPSA) is 93.7 Å². The van der Waals surface area contributed by atoms with Gasteiger partial charge in [-0.2, -0.15) is 0 Å². The Bertz CT molecular complexity index is 1100. The number of ether oxygens (including phenoxy) is 2. The number of thiophene rings is 1. The van der Waals surface area contributed by atoms with Gasteiger partial charge in [-0.15, -0.1) is 11.3 Å². The number of amides is 2. The normalized spacial score (nSPS) is 10.3. The molecule has 1 heterocycles. The lowest BCUT2D eigenvalue weighted by Gasteiger charge is -2.07. The number of rotatable bonds is 7. The lowest BCUT2D eigenvalue weighted by molar-refractivity contribution is -0.118. The van der Waals surface area contributed by atoms with Gasteiger partial charge in [0.15, 0.2) is 6.61 Å². The Labute approximate surface area is 187 Å². The molecule has 0 saturated carbocycles. The quantitative estimate of drug-likeness (QED) is 0.497. The number of halogens is 1. The molecule has 2 amide bonds. The second kappa shape index (κ2) is 10.1. The summed E-state index contributed by atoms with van der Waals surface area (Å²) in [4.78, 5) is 37.7. The highest BCUT2D eigenvalue weighted by Crippen LogP contribution is 2.34. The van der Waals surface area contributed by atoms with E-state index < -0.39 is 17.8 Å². The van der Waals surface area contributed by atoms with Crippen molar-refractivity contribution in [2.45, 2.75) is 6.92 Å². The van der Waals surface area contributed by atoms with Crippen LogP contribution in [0.25, 0.3) is 0 Å². The Hall–Kier alpha value is -3.36. The summed E-state index contributed by atoms with van der Waals surface area (Å²) < 4.78 is 10.3. The maximum absolute atomic E-state index is 12.8. The Morgan fingerprint density at radius 1 is 1.00 bits per heavy atom. The number of benzene rings is 2. The fourth-order valence-corrected chi connectivity index (χ4v) is 3.95. The Balaban J connectivity index is 1.79. The number of carbonyl (C=O) groups is 3. The Morgan fingerprint density at radius 3 is 2.32 bits per heavy atom. The van der Waals surface area contributed by atoms with E-state index in [-0.39, 0.29) is 22.0 Å². The van der Waals surface area contributed by atoms with E-state index in [1.54, 1.807) is 55.5 Å². The molecular formula is C22H19ClN2O5S. The first-order valence-electron chi connectivity index (χ1n) is 9.15. The zero-order chi connectivity index (χ0) is 22.4. The van der Waals surface area contributed by atoms with E-state index in [9.17, 15) is 14.4 Å². The van der Waals surface area contributed by atoms with Gasteiger partial charge in [0.1, 0.15) is 10.8 Å². The van der Waals surface area contributed by atoms with Crippen LogP contribution in [-0.2, 0) is 9.53 Å². The van der Waals surface area contributed by atoms with Crippen LogP contribution in [0.5, 0.6) is 5.75 Å². The summed E-state index contributed by atoms with van der Waals surface area (Å²) in [5.41, 5.74) is 1.08. The number of hydrogen-bond acceptors (Lipinski definition) is 6. The van der Waals surface area contributed by atoms with Gasteiger partial charge in [-0.25, -0.2) is 4.79 Å². The number of anilines is 2. The zero-order valence-electron chi connectivity index (χ0n) is 16.7. The van der Waals surface area contributed by atoms with Crippen LogP contribution in [0.4, 0.5) is 10.7 Å². The number of carbonyl (C=O) groups excluding carboxylic acids is 3. The maximum Gasteiger partial charge on any atom is 0.341 e. The van der Waals surface area contributed by atoms with Crippen molar-refractivity contribution >= 4 is 51.4 Å². The minimum atomic E-state index is -0.654. The first-order valence-corrected chi connectivity index (χ1v) is 10.3. The van der Waals surface area contributed by atoms with Crippen molar-refractivity contribution < 1.29 is 23.9 Å². The zero-order valence-corrected chi connectivity index (χ0v) is 18.3. The molecule has 0 aliphatic heterocycles. The van der Waals surface area contributed by atoms with Crippen molar-refractivity contribution in [1.82, 2.24) is 0 Å². The molecular weight excluding hydrogens is 440 g/mol. The Morgan fingerprint density at radius 2 is 1.68 bits per heavy atom. The predicted octanol–water partition coefficient (Wildman–Crippen LogP) is 4.77. The van der Waals surface area contributed by atoms with Crippen LogP contribution in [0.15, 0.2) is 54.6 Å². The first kappa shape index (κ1) is 22.3. The molecule has 0 saturated heterocycles. The molecule has 0 aliphatic carbocycles. The SMILES string of the molecule is COC(=O)c1c(NC(=O)COc2ccccc2)sc(C(=O)Nc2ccc(Cl)cc2)c1C. The highest BCUT2D eigenvalue weighted by molar-refractivity contribution is 7.19. The van der Waals surface area contributed by atoms with Gasteiger partial charge in [0, 0.05) is 10.7 Å². The predicted molar refractivity (Wildman–Crippen MR) is 120 cm³/mol. The fraction of sp³-hybridized carbons (Fsp3) is 0.136. The van der Waals surface area contributed by atoms with E-state index in [0.717, 1.165) is 11.3 Å². The van der Waals surface area contributed by atoms with Crippen molar-refractivity contribution in [2.24, 2.45) is 0 Å². The molecule has 31 heavy (non-hydrogen) atoms. The van der Waals surface area contributed by atoms with E-state index >= 15 is 0 Å². The largest absolute Gasteiger partial charge is 0.484 e. The number of methoxy groups -OCH3 is 1. The minimum Gasteiger partial charge on any atom is -0.484 e. The molecule has 0 aliphatic rings. The minimum absolute atomic E-state index is 0.127. The average molecular weight is 459 g/mol. The molecule has 3 aromatic rings. The second-order valence-electron chi connectivity index (χ2n) is 6.36. The van der Waals surface area contributed by atoms with Gasteiger partial charge in [-0.1, -0.05) is 29.8 Å². The Kier molecular flexibility index (Phi) is 7.28. The molecule has 0 atom stereocenters. The van der Waals surface area contributed by atoms with E-state index in [1.807, 2.05) is 6.07 Å². The average Bonchev–Trinajstić information content (AvgIpc) is 3.09. The van der Waals surface area contributed by atoms with Crippen LogP contribution in [0, 0.1) is 6.92 Å². The van der Waals surface area contributed by atoms with Gasteiger partial charge in [-0.05, 0) is 48.9 Å². The third-order valence-corrected chi connectivity index (χ3v) is 5.67. The monoisotopic (exact) mass is 458 g/mol. The molecule has 1 aromatic heterocycles. The smallest absolute Gasteiger partial charge is 0.341 e. The molecule has 0 unspecified atom stereocenters. The highest BCUT2D eigenvalue weighted by Gasteiger charge is 2.26. The lowest BCUT2D eigenvalue weighted by Crippen LogP contribution is -2.21. The number of hydrogen-bond donors (Lipinski definition) is 2. The van der Waals surface area contributed by atoms with E-state index in [2.05, 4.69) is 10.6 Å². The number of para-hydroxylation sites is 1. The van der Waals surface area contributed by atoms with Crippen molar-refractivity contribution in [3.8, 4) is 5.75 Å². The molecule has 3 rings (SSSR count). The van der Waals surface area contributed by atoms with Crippen LogP contribution in [-0.4, -0.2) is 31.5 Å². The molecule has 7 nitrogen and oxygen atoms in total. The fourth-order valence-electron chi connectivity index (χ4n) is 2.72. The summed E-state index contributed by atoms with van der Waals surface area (Å²) in [5, 5.41) is 6.14. The molecule has 0 spiro atoms. The number of nitrogens with one attached hydrogen (secondary N) is 2. The van der Waals surface area contributed by atoms with Gasteiger partial charge in [0.25, 0.3) is 11.8 Å². The van der Waals surface area contributed by atoms with Gasteiger partial charge < -0.3 is 20.1 Å². The third kappa shape index (κ3) is 5.62. The molecule has 0 fully saturated rings. The highest BCUT2D eigenvalue weighted by atomic mass is 35.5. The van der Waals surface area contributed by atoms with Crippen molar-refractivity contribution in [3.63, 3.8) is 0 Å². The lowest BCUT2D eigenvalue weighted by atomic mass is 10.1. The van der Waals surface area contributed by atoms with Gasteiger partial charge >= 0.3 is 5.97 Å². The maximum atomic E-state index is 12.8. The van der Waals surface area contributed by atoms with Crippen LogP contribution in [0.2, 0.25) is 5.02 Å². The van der Waals surface area contributed by atoms with Crippen LogP contribution in [0.1, 0.15) is 25.6 Å². The molecule has 0 radical (unpaired) electrons. The summed E-state index contributed by atoms with van der Waals surface area (Å²) >= 11 is 6.85. The second-order valence-corrected chi connectivity index (χ2v) is 7.82. The van der Waals surface area contributed by atoms with Crippen LogP contribution in [0.3, 0.4) is 0 Å². The standard InChI is InChI=1S/C22H19ClN2O5S/c1-13-18(22(28)29-2)21(25-17(26)12-30-16-6-4-3-5-7-16)31-19(13)20(27)24-15-10-8-14(23)9-11-15/h3-11H,12H2,1-2H3,(H,24,27)(H,25,26). The van der Waals surface area contributed by atoms with Crippen LogP contribution < -0.4 is 15.4 Å². The van der Waals surface area contributed by atoms with Crippen molar-refractivity contribution in [2.75, 3.05) is 24.4 Å². The number of esters is 1. The molecule has 0 bridgehead atoms. The van der Waals surface area contributed by atoms with E-state index in [0.29, 0.717) is 22.0 Å². The molecule has 9 heteroatoms. The van der Waals surface area contributed by atoms with E-state index in [4.69, 9.17) is 21.1 Å². The summed E-state index contributed by atoms with van der Waals surface area (Å²) in [7, 11) is 1.23. The molecule has 2 N–H and O–H groups in total. The van der Waals surface area contributed by atoms with Crippen molar-refractivity contribution in [3.05, 3.63) is 75.6 Å². The molecule has 2 aromatic carbocycles. The van der Waals surface area contributed by atoms with Gasteiger partial charge in [0.05, 0.1) is 17.6 Å². The van der Waals surface area contributed by atoms with Crippen molar-refractivity contribution in [1.29, 1.82) is 0 Å². The summed E-state index contributed by atoms with van der Waals surface area (Å²) in [6.45, 7) is 1.36. The van der Waals surface area contributed by atoms with Gasteiger partial charge in [-0.3, -0.25) is 9.59 Å². The van der Waals surface area contributed by atoms with Crippen LogP contribution >= 0.6 is 22.9 Å².